The van der Waals surface area contributed by atoms with Crippen LogP contribution in [0.2, 0.25) is 0 Å². The van der Waals surface area contributed by atoms with Gasteiger partial charge >= 0.3 is 30.5 Å². The largest absolute Gasteiger partial charge is 0.360 e. The third-order valence-electron chi connectivity index (χ3n) is 2.45. The van der Waals surface area contributed by atoms with E-state index in [0.29, 0.717) is 0 Å². The highest BCUT2D eigenvalue weighted by Gasteiger charge is 2.86. The maximum Gasteiger partial charge on any atom is 0.360 e. The van der Waals surface area contributed by atoms with Crippen molar-refractivity contribution in [3.8, 4) is 0 Å². The fraction of sp³-hybridized carbons (Fsp3) is 0. The minimum Gasteiger partial charge on any atom is -0.0835 e. The van der Waals surface area contributed by atoms with Crippen LogP contribution in [0.15, 0.2) is 0 Å². The zero-order valence-corrected chi connectivity index (χ0v) is 11.9. The van der Waals surface area contributed by atoms with Crippen molar-refractivity contribution in [1.82, 2.24) is 10.8 Å². The SMILES string of the molecule is N[N+]12ON3ON4O[N+](N)(O1)O[N+]1(N)O[N+](N)(O4)O[N+](N)(O3)O[N+](N)(O2)O1. The zero-order chi connectivity index (χ0) is 18.6. The van der Waals surface area contributed by atoms with Gasteiger partial charge in [0.15, 0.2) is 9.88 Å². The first kappa shape index (κ1) is 17.1. The molecule has 26 heavy (non-hydrogen) atoms. The van der Waals surface area contributed by atoms with Crippen molar-refractivity contribution in [2.75, 3.05) is 0 Å². The van der Waals surface area contributed by atoms with Crippen LogP contribution in [0.1, 0.15) is 0 Å². The second-order valence-electron chi connectivity index (χ2n) is 4.67. The quantitative estimate of drug-likeness (QED) is 0.163. The van der Waals surface area contributed by atoms with Crippen LogP contribution >= 0.6 is 0 Å². The van der Waals surface area contributed by atoms with Crippen LogP contribution in [-0.2, 0) is 59.3 Å². The Morgan fingerprint density at radius 1 is 0.385 bits per heavy atom. The molecule has 26 heteroatoms. The molecule has 6 fully saturated rings. The van der Waals surface area contributed by atoms with Gasteiger partial charge in [0.25, 0.3) is 0 Å². The number of rotatable bonds is 0. The lowest BCUT2D eigenvalue weighted by atomic mass is 12.1. The summed E-state index contributed by atoms with van der Waals surface area (Å²) in [5, 5.41) is -12.9. The molecule has 0 spiro atoms. The van der Waals surface area contributed by atoms with Gasteiger partial charge in [-0.15, -0.1) is 0 Å². The van der Waals surface area contributed by atoms with Crippen molar-refractivity contribution in [3.05, 3.63) is 0 Å². The van der Waals surface area contributed by atoms with E-state index in [-0.39, 0.29) is 10.8 Å². The molecule has 8 bridgehead atoms. The van der Waals surface area contributed by atoms with Crippen molar-refractivity contribution in [3.63, 3.8) is 0 Å². The van der Waals surface area contributed by atoms with Crippen LogP contribution in [-0.4, -0.2) is 41.3 Å². The van der Waals surface area contributed by atoms with Crippen LogP contribution in [0.5, 0.6) is 0 Å². The number of hydrogen-bond donors (Lipinski definition) is 6. The summed E-state index contributed by atoms with van der Waals surface area (Å²) in [5.41, 5.74) is 0. The van der Waals surface area contributed by atoms with Crippen molar-refractivity contribution < 1.29 is 89.8 Å². The molecular formula is H12N14O12+6. The molecule has 0 radical (unpaired) electrons. The molecular weight excluding hydrogens is 388 g/mol. The highest BCUT2D eigenvalue weighted by atomic mass is 17.7. The van der Waals surface area contributed by atoms with Crippen LogP contribution < -0.4 is 35.1 Å². The lowest BCUT2D eigenvalue weighted by Gasteiger charge is -2.39. The zero-order valence-electron chi connectivity index (χ0n) is 11.9. The molecule has 0 aromatic heterocycles. The Labute approximate surface area is 137 Å². The van der Waals surface area contributed by atoms with Crippen molar-refractivity contribution in [2.24, 2.45) is 35.1 Å². The Morgan fingerprint density at radius 3 is 0.923 bits per heavy atom. The number of hydrogen-bond acceptors (Lipinski definition) is 20. The predicted octanol–water partition coefficient (Wildman–Crippen LogP) is -7.04. The van der Waals surface area contributed by atoms with Gasteiger partial charge < -0.3 is 0 Å². The minimum atomic E-state index is -2.18. The molecule has 6 aliphatic rings. The summed E-state index contributed by atoms with van der Waals surface area (Å²) < 4.78 is 0. The average molecular weight is 400 g/mol. The van der Waals surface area contributed by atoms with Crippen LogP contribution in [0.4, 0.5) is 0 Å². The van der Waals surface area contributed by atoms with E-state index in [0.717, 1.165) is 0 Å². The van der Waals surface area contributed by atoms with Gasteiger partial charge in [-0.2, -0.15) is 0 Å². The summed E-state index contributed by atoms with van der Waals surface area (Å²) in [4.78, 5) is 58.2. The monoisotopic (exact) mass is 400 g/mol. The summed E-state index contributed by atoms with van der Waals surface area (Å²) in [6, 6.07) is 0. The average Bonchev–Trinajstić information content (AvgIpc) is 2.25. The second-order valence-corrected chi connectivity index (χ2v) is 4.67. The first-order valence-electron chi connectivity index (χ1n) is 5.93. The summed E-state index contributed by atoms with van der Waals surface area (Å²) >= 11 is 0. The fourth-order valence-corrected chi connectivity index (χ4v) is 1.89. The Morgan fingerprint density at radius 2 is 0.615 bits per heavy atom. The van der Waals surface area contributed by atoms with Crippen LogP contribution in [0.3, 0.4) is 0 Å². The molecule has 0 amide bonds. The van der Waals surface area contributed by atoms with E-state index in [9.17, 15) is 0 Å². The van der Waals surface area contributed by atoms with E-state index in [1.54, 1.807) is 0 Å². The van der Waals surface area contributed by atoms with Gasteiger partial charge in [-0.05, 0) is 0 Å². The fourth-order valence-electron chi connectivity index (χ4n) is 1.89. The third-order valence-corrected chi connectivity index (χ3v) is 2.45. The van der Waals surface area contributed by atoms with Gasteiger partial charge in [0.2, 0.25) is 35.5 Å². The smallest absolute Gasteiger partial charge is 0.0835 e. The van der Waals surface area contributed by atoms with Crippen LogP contribution in [0, 0.1) is 0 Å². The van der Waals surface area contributed by atoms with Gasteiger partial charge in [0, 0.05) is 0 Å². The molecule has 6 heterocycles. The molecule has 4 atom stereocenters. The van der Waals surface area contributed by atoms with Crippen molar-refractivity contribution in [2.45, 2.75) is 0 Å². The predicted molar refractivity (Wildman–Crippen MR) is 43.4 cm³/mol. The molecule has 4 unspecified atom stereocenters. The standard InChI is InChI=1S/H12N14O12/c1-9-16-7-15-8-18-10(2,20-9)23-14(6)25-12(4,19-8)21-11(3,17-7)24-13(5,22-9)26-14/h1-6H2/q+6. The first-order valence-corrected chi connectivity index (χ1v) is 5.93. The Bertz CT molecular complexity index is 551. The summed E-state index contributed by atoms with van der Waals surface area (Å²) in [6.45, 7) is 0. The molecule has 6 aliphatic heterocycles. The van der Waals surface area contributed by atoms with Gasteiger partial charge in [0.05, 0.1) is 19.8 Å². The Hall–Kier alpha value is -1.04. The molecule has 12 N–H and O–H groups in total. The van der Waals surface area contributed by atoms with Crippen molar-refractivity contribution in [1.29, 1.82) is 0 Å². The molecule has 6 rings (SSSR count). The molecule has 148 valence electrons. The summed E-state index contributed by atoms with van der Waals surface area (Å²) in [5.74, 6) is 33.7. The third kappa shape index (κ3) is 2.62. The molecule has 0 aromatic rings. The number of nitrogens with zero attached hydrogens (tertiary/aromatic N) is 8. The molecule has 0 saturated carbocycles. The lowest BCUT2D eigenvalue weighted by Crippen LogP contribution is -2.90. The molecule has 26 nitrogen and oxygen atoms in total. The Balaban J connectivity index is 1.73. The van der Waals surface area contributed by atoms with Gasteiger partial charge in [-0.3, -0.25) is 0 Å². The van der Waals surface area contributed by atoms with E-state index in [1.165, 1.54) is 0 Å². The number of quaternary nitrogens is 6. The van der Waals surface area contributed by atoms with E-state index < -0.39 is 30.5 Å². The van der Waals surface area contributed by atoms with Crippen LogP contribution in [0.25, 0.3) is 0 Å². The summed E-state index contributed by atoms with van der Waals surface area (Å²) in [6.07, 6.45) is 0. The Kier molecular flexibility index (Phi) is 2.96. The second kappa shape index (κ2) is 4.50. The topological polar surface area (TPSA) is 273 Å². The van der Waals surface area contributed by atoms with Gasteiger partial charge in [-0.25, -0.2) is 0 Å². The molecule has 6 saturated heterocycles. The van der Waals surface area contributed by atoms with E-state index in [2.05, 4.69) is 0 Å². The highest BCUT2D eigenvalue weighted by Crippen LogP contribution is 2.38. The maximum atomic E-state index is 5.64. The normalized spacial score (nSPS) is 64.4. The first-order chi connectivity index (χ1) is 11.8. The summed E-state index contributed by atoms with van der Waals surface area (Å²) in [7, 11) is 0. The van der Waals surface area contributed by atoms with Crippen molar-refractivity contribution >= 4 is 0 Å². The van der Waals surface area contributed by atoms with Gasteiger partial charge in [0.1, 0.15) is 0 Å². The molecule has 0 aliphatic carbocycles. The highest BCUT2D eigenvalue weighted by molar-refractivity contribution is 3.71. The van der Waals surface area contributed by atoms with Gasteiger partial charge in [-0.1, -0.05) is 40.0 Å². The minimum absolute atomic E-state index is 0.0791. The van der Waals surface area contributed by atoms with E-state index in [1.807, 2.05) is 0 Å². The van der Waals surface area contributed by atoms with E-state index >= 15 is 0 Å². The number of nitrogens with two attached hydrogens (primary N) is 6. The van der Waals surface area contributed by atoms with E-state index in [4.69, 9.17) is 94.3 Å². The molecule has 0 aromatic carbocycles. The lowest BCUT2D eigenvalue weighted by molar-refractivity contribution is -1.87. The maximum absolute atomic E-state index is 5.64.